The van der Waals surface area contributed by atoms with Gasteiger partial charge in [0.05, 0.1) is 0 Å². The van der Waals surface area contributed by atoms with E-state index in [-0.39, 0.29) is 18.6 Å². The molecule has 0 aliphatic carbocycles. The molecule has 28 heavy (non-hydrogen) atoms. The van der Waals surface area contributed by atoms with E-state index < -0.39 is 34.5 Å². The lowest BCUT2D eigenvalue weighted by Gasteiger charge is -2.14. The molecule has 0 heterocycles. The van der Waals surface area contributed by atoms with Gasteiger partial charge in [-0.15, -0.1) is 0 Å². The molecule has 3 rings (SSSR count). The molecule has 7 N–H and O–H groups in total. The Morgan fingerprint density at radius 3 is 1.29 bits per heavy atom. The standard InChI is InChI=1S/C21H20O7/c1-10-6-13(8-11-2-4-15(22)20(27)18(11)25)17(24)14(7-10)9-12-3-5-16(23)21(28)19(12)26/h2-7,22-28H,8-9H2,1H3. The largest absolute Gasteiger partial charge is 0.507 e. The third kappa shape index (κ3) is 3.42. The van der Waals surface area contributed by atoms with Crippen molar-refractivity contribution < 1.29 is 35.7 Å². The number of hydrogen-bond acceptors (Lipinski definition) is 7. The highest BCUT2D eigenvalue weighted by Crippen LogP contribution is 2.41. The molecule has 0 spiro atoms. The van der Waals surface area contributed by atoms with Crippen molar-refractivity contribution in [1.29, 1.82) is 0 Å². The van der Waals surface area contributed by atoms with Crippen molar-refractivity contribution in [2.24, 2.45) is 0 Å². The predicted octanol–water partition coefficient (Wildman–Crippen LogP) is 3.12. The zero-order valence-electron chi connectivity index (χ0n) is 15.0. The van der Waals surface area contributed by atoms with Gasteiger partial charge in [0.1, 0.15) is 5.75 Å². The molecule has 0 unspecified atom stereocenters. The summed E-state index contributed by atoms with van der Waals surface area (Å²) >= 11 is 0. The van der Waals surface area contributed by atoms with Crippen LogP contribution in [0.1, 0.15) is 27.8 Å². The summed E-state index contributed by atoms with van der Waals surface area (Å²) in [7, 11) is 0. The highest BCUT2D eigenvalue weighted by Gasteiger charge is 2.17. The molecule has 7 nitrogen and oxygen atoms in total. The second-order valence-corrected chi connectivity index (χ2v) is 6.67. The molecule has 0 aromatic heterocycles. The highest BCUT2D eigenvalue weighted by molar-refractivity contribution is 5.58. The fraction of sp³-hybridized carbons (Fsp3) is 0.143. The average molecular weight is 384 g/mol. The van der Waals surface area contributed by atoms with E-state index in [4.69, 9.17) is 0 Å². The molecule has 146 valence electrons. The quantitative estimate of drug-likeness (QED) is 0.343. The number of rotatable bonds is 4. The van der Waals surface area contributed by atoms with Crippen LogP contribution in [0.25, 0.3) is 0 Å². The van der Waals surface area contributed by atoms with Crippen LogP contribution in [0.4, 0.5) is 0 Å². The molecule has 0 fully saturated rings. The van der Waals surface area contributed by atoms with Crippen molar-refractivity contribution in [2.45, 2.75) is 19.8 Å². The van der Waals surface area contributed by atoms with Crippen molar-refractivity contribution >= 4 is 0 Å². The maximum atomic E-state index is 10.7. The minimum atomic E-state index is -0.630. The molecular weight excluding hydrogens is 364 g/mol. The molecule has 0 aliphatic heterocycles. The average Bonchev–Trinajstić information content (AvgIpc) is 2.66. The van der Waals surface area contributed by atoms with Gasteiger partial charge in [0.25, 0.3) is 0 Å². The highest BCUT2D eigenvalue weighted by atomic mass is 16.3. The fourth-order valence-electron chi connectivity index (χ4n) is 3.12. The van der Waals surface area contributed by atoms with Crippen molar-refractivity contribution in [3.63, 3.8) is 0 Å². The second-order valence-electron chi connectivity index (χ2n) is 6.67. The van der Waals surface area contributed by atoms with Gasteiger partial charge in [0.2, 0.25) is 11.5 Å². The molecule has 7 heteroatoms. The van der Waals surface area contributed by atoms with Crippen LogP contribution in [0.2, 0.25) is 0 Å². The van der Waals surface area contributed by atoms with Crippen LogP contribution < -0.4 is 0 Å². The SMILES string of the molecule is Cc1cc(Cc2ccc(O)c(O)c2O)c(O)c(Cc2ccc(O)c(O)c2O)c1. The van der Waals surface area contributed by atoms with Gasteiger partial charge in [-0.2, -0.15) is 0 Å². The molecule has 0 saturated heterocycles. The van der Waals surface area contributed by atoms with E-state index in [1.54, 1.807) is 12.1 Å². The summed E-state index contributed by atoms with van der Waals surface area (Å²) in [5.41, 5.74) is 2.38. The van der Waals surface area contributed by atoms with Crippen molar-refractivity contribution in [3.05, 3.63) is 64.2 Å². The molecule has 0 amide bonds. The van der Waals surface area contributed by atoms with Gasteiger partial charge in [-0.25, -0.2) is 0 Å². The van der Waals surface area contributed by atoms with E-state index in [0.29, 0.717) is 22.3 Å². The minimum Gasteiger partial charge on any atom is -0.507 e. The van der Waals surface area contributed by atoms with Crippen molar-refractivity contribution in [1.82, 2.24) is 0 Å². The lowest BCUT2D eigenvalue weighted by atomic mass is 9.94. The van der Waals surface area contributed by atoms with E-state index >= 15 is 0 Å². The molecule has 0 saturated carbocycles. The van der Waals surface area contributed by atoms with Gasteiger partial charge >= 0.3 is 0 Å². The minimum absolute atomic E-state index is 0.0653. The number of phenols is 7. The van der Waals surface area contributed by atoms with Gasteiger partial charge in [0, 0.05) is 24.0 Å². The maximum Gasteiger partial charge on any atom is 0.200 e. The Kier molecular flexibility index (Phi) is 4.83. The Hall–Kier alpha value is -3.74. The second kappa shape index (κ2) is 7.11. The van der Waals surface area contributed by atoms with Crippen LogP contribution in [-0.4, -0.2) is 35.7 Å². The van der Waals surface area contributed by atoms with Gasteiger partial charge in [-0.05, 0) is 30.2 Å². The van der Waals surface area contributed by atoms with Gasteiger partial charge in [0.15, 0.2) is 23.0 Å². The summed E-state index contributed by atoms with van der Waals surface area (Å²) in [6.45, 7) is 1.81. The molecule has 0 atom stereocenters. The van der Waals surface area contributed by atoms with Crippen LogP contribution in [0, 0.1) is 6.92 Å². The summed E-state index contributed by atoms with van der Waals surface area (Å²) in [5.74, 6) is -3.16. The van der Waals surface area contributed by atoms with E-state index in [1.807, 2.05) is 6.92 Å². The normalized spacial score (nSPS) is 10.9. The van der Waals surface area contributed by atoms with E-state index in [2.05, 4.69) is 0 Å². The Bertz CT molecular complexity index is 977. The first-order valence-corrected chi connectivity index (χ1v) is 8.46. The van der Waals surface area contributed by atoms with Gasteiger partial charge in [-0.1, -0.05) is 29.8 Å². The molecular formula is C21H20O7. The number of hydrogen-bond donors (Lipinski definition) is 7. The van der Waals surface area contributed by atoms with E-state index in [9.17, 15) is 35.7 Å². The molecule has 0 radical (unpaired) electrons. The summed E-state index contributed by atoms with van der Waals surface area (Å²) in [4.78, 5) is 0. The number of aryl methyl sites for hydroxylation is 1. The number of phenolic OH excluding ortho intramolecular Hbond substituents is 7. The fourth-order valence-corrected chi connectivity index (χ4v) is 3.12. The summed E-state index contributed by atoms with van der Waals surface area (Å²) in [6.07, 6.45) is 0.181. The zero-order valence-corrected chi connectivity index (χ0v) is 15.0. The Morgan fingerprint density at radius 1 is 0.500 bits per heavy atom. The van der Waals surface area contributed by atoms with Crippen molar-refractivity contribution in [2.75, 3.05) is 0 Å². The Labute approximate surface area is 160 Å². The zero-order chi connectivity index (χ0) is 20.6. The lowest BCUT2D eigenvalue weighted by Crippen LogP contribution is -1.97. The smallest absolute Gasteiger partial charge is 0.200 e. The molecule has 3 aromatic carbocycles. The van der Waals surface area contributed by atoms with E-state index in [1.165, 1.54) is 24.3 Å². The van der Waals surface area contributed by atoms with Crippen LogP contribution in [0.15, 0.2) is 36.4 Å². The first kappa shape index (κ1) is 19.0. The van der Waals surface area contributed by atoms with Crippen molar-refractivity contribution in [3.8, 4) is 40.2 Å². The Morgan fingerprint density at radius 2 is 0.893 bits per heavy atom. The molecule has 0 bridgehead atoms. The van der Waals surface area contributed by atoms with E-state index in [0.717, 1.165) is 5.56 Å². The Balaban J connectivity index is 1.99. The molecule has 3 aromatic rings. The third-order valence-corrected chi connectivity index (χ3v) is 4.60. The van der Waals surface area contributed by atoms with Crippen LogP contribution in [0.3, 0.4) is 0 Å². The third-order valence-electron chi connectivity index (χ3n) is 4.60. The molecule has 0 aliphatic rings. The summed E-state index contributed by atoms with van der Waals surface area (Å²) in [5, 5.41) is 69.0. The topological polar surface area (TPSA) is 142 Å². The monoisotopic (exact) mass is 384 g/mol. The first-order chi connectivity index (χ1) is 13.2. The predicted molar refractivity (Wildman–Crippen MR) is 101 cm³/mol. The lowest BCUT2D eigenvalue weighted by molar-refractivity contribution is 0.365. The van der Waals surface area contributed by atoms with Crippen LogP contribution in [0.5, 0.6) is 40.2 Å². The number of benzene rings is 3. The first-order valence-electron chi connectivity index (χ1n) is 8.46. The van der Waals surface area contributed by atoms with Gasteiger partial charge < -0.3 is 35.7 Å². The summed E-state index contributed by atoms with van der Waals surface area (Å²) < 4.78 is 0. The number of aromatic hydroxyl groups is 7. The van der Waals surface area contributed by atoms with Crippen LogP contribution >= 0.6 is 0 Å². The summed E-state index contributed by atoms with van der Waals surface area (Å²) in [6, 6.07) is 8.81. The van der Waals surface area contributed by atoms with Gasteiger partial charge in [-0.3, -0.25) is 0 Å². The maximum absolute atomic E-state index is 10.7. The van der Waals surface area contributed by atoms with Crippen LogP contribution in [-0.2, 0) is 12.8 Å².